The van der Waals surface area contributed by atoms with E-state index in [4.69, 9.17) is 0 Å². The number of hydrogen-bond donors (Lipinski definition) is 0. The summed E-state index contributed by atoms with van der Waals surface area (Å²) in [5.41, 5.74) is 2.20. The number of fused-ring (bicyclic) bond motifs is 1. The number of aryl methyl sites for hydroxylation is 1. The first kappa shape index (κ1) is 15.0. The lowest BCUT2D eigenvalue weighted by Gasteiger charge is -2.17. The van der Waals surface area contributed by atoms with E-state index in [1.807, 2.05) is 43.3 Å². The van der Waals surface area contributed by atoms with Crippen molar-refractivity contribution in [3.8, 4) is 0 Å². The zero-order chi connectivity index (χ0) is 16.4. The standard InChI is InChI=1S/C18H17N3O2/c1-13-8-9-16-19-10-15(18(23)21(16)11-13)17(22)20(2)12-14-6-4-3-5-7-14/h3-11H,12H2,1-2H3. The summed E-state index contributed by atoms with van der Waals surface area (Å²) >= 11 is 0. The van der Waals surface area contributed by atoms with Crippen LogP contribution in [-0.2, 0) is 6.54 Å². The maximum Gasteiger partial charge on any atom is 0.270 e. The molecule has 3 rings (SSSR count). The fourth-order valence-corrected chi connectivity index (χ4v) is 2.46. The molecule has 3 aromatic rings. The molecule has 0 saturated carbocycles. The summed E-state index contributed by atoms with van der Waals surface area (Å²) in [6.07, 6.45) is 3.05. The number of hydrogen-bond acceptors (Lipinski definition) is 3. The quantitative estimate of drug-likeness (QED) is 0.746. The molecular weight excluding hydrogens is 290 g/mol. The van der Waals surface area contributed by atoms with Crippen molar-refractivity contribution < 1.29 is 4.79 Å². The second kappa shape index (κ2) is 6.04. The highest BCUT2D eigenvalue weighted by Crippen LogP contribution is 2.07. The first-order valence-electron chi connectivity index (χ1n) is 7.33. The van der Waals surface area contributed by atoms with Gasteiger partial charge in [-0.3, -0.25) is 14.0 Å². The average molecular weight is 307 g/mol. The molecule has 0 N–H and O–H groups in total. The fraction of sp³-hybridized carbons (Fsp3) is 0.167. The average Bonchev–Trinajstić information content (AvgIpc) is 2.56. The van der Waals surface area contributed by atoms with Crippen molar-refractivity contribution in [3.63, 3.8) is 0 Å². The van der Waals surface area contributed by atoms with Gasteiger partial charge in [0.15, 0.2) is 0 Å². The summed E-state index contributed by atoms with van der Waals surface area (Å²) in [5.74, 6) is -0.331. The first-order chi connectivity index (χ1) is 11.1. The topological polar surface area (TPSA) is 54.7 Å². The molecular formula is C18H17N3O2. The molecule has 0 aliphatic rings. The van der Waals surface area contributed by atoms with E-state index < -0.39 is 0 Å². The predicted octanol–water partition coefficient (Wildman–Crippen LogP) is 2.28. The second-order valence-electron chi connectivity index (χ2n) is 5.56. The van der Waals surface area contributed by atoms with Crippen LogP contribution in [0.1, 0.15) is 21.5 Å². The lowest BCUT2D eigenvalue weighted by atomic mass is 10.2. The monoisotopic (exact) mass is 307 g/mol. The molecule has 1 amide bonds. The van der Waals surface area contributed by atoms with Gasteiger partial charge in [0, 0.05) is 26.0 Å². The molecule has 116 valence electrons. The van der Waals surface area contributed by atoms with E-state index in [1.165, 1.54) is 15.5 Å². The summed E-state index contributed by atoms with van der Waals surface area (Å²) in [7, 11) is 1.68. The third-order valence-corrected chi connectivity index (χ3v) is 3.69. The van der Waals surface area contributed by atoms with Crippen molar-refractivity contribution >= 4 is 11.6 Å². The highest BCUT2D eigenvalue weighted by Gasteiger charge is 2.17. The van der Waals surface area contributed by atoms with Crippen molar-refractivity contribution in [2.24, 2.45) is 0 Å². The van der Waals surface area contributed by atoms with E-state index in [1.54, 1.807) is 19.3 Å². The van der Waals surface area contributed by atoms with Gasteiger partial charge < -0.3 is 4.90 Å². The molecule has 0 bridgehead atoms. The predicted molar refractivity (Wildman–Crippen MR) is 88.4 cm³/mol. The number of pyridine rings is 1. The third kappa shape index (κ3) is 2.99. The van der Waals surface area contributed by atoms with E-state index in [-0.39, 0.29) is 17.0 Å². The van der Waals surface area contributed by atoms with Gasteiger partial charge in [-0.2, -0.15) is 0 Å². The molecule has 0 saturated heterocycles. The Morgan fingerprint density at radius 2 is 1.91 bits per heavy atom. The Bertz CT molecular complexity index is 916. The summed E-state index contributed by atoms with van der Waals surface area (Å²) in [6, 6.07) is 13.3. The van der Waals surface area contributed by atoms with E-state index in [0.29, 0.717) is 12.2 Å². The maximum atomic E-state index is 12.6. The lowest BCUT2D eigenvalue weighted by molar-refractivity contribution is 0.0782. The summed E-state index contributed by atoms with van der Waals surface area (Å²) in [4.78, 5) is 30.9. The molecule has 5 nitrogen and oxygen atoms in total. The minimum Gasteiger partial charge on any atom is -0.337 e. The van der Waals surface area contributed by atoms with Crippen LogP contribution < -0.4 is 5.56 Å². The van der Waals surface area contributed by atoms with E-state index >= 15 is 0 Å². The molecule has 0 aliphatic heterocycles. The van der Waals surface area contributed by atoms with Crippen LogP contribution in [-0.4, -0.2) is 27.2 Å². The van der Waals surface area contributed by atoms with Crippen molar-refractivity contribution in [3.05, 3.63) is 81.9 Å². The Hall–Kier alpha value is -2.95. The number of aromatic nitrogens is 2. The molecule has 2 heterocycles. The fourth-order valence-electron chi connectivity index (χ4n) is 2.46. The van der Waals surface area contributed by atoms with E-state index in [2.05, 4.69) is 4.98 Å². The van der Waals surface area contributed by atoms with Crippen LogP contribution in [0.5, 0.6) is 0 Å². The van der Waals surface area contributed by atoms with Gasteiger partial charge >= 0.3 is 0 Å². The van der Waals surface area contributed by atoms with Crippen molar-refractivity contribution in [1.82, 2.24) is 14.3 Å². The molecule has 5 heteroatoms. The minimum atomic E-state index is -0.344. The van der Waals surface area contributed by atoms with Gasteiger partial charge in [-0.05, 0) is 24.1 Å². The third-order valence-electron chi connectivity index (χ3n) is 3.69. The SMILES string of the molecule is Cc1ccc2ncc(C(=O)N(C)Cc3ccccc3)c(=O)n2c1. The maximum absolute atomic E-state index is 12.6. The van der Waals surface area contributed by atoms with Crippen LogP contribution in [0.4, 0.5) is 0 Å². The van der Waals surface area contributed by atoms with Crippen LogP contribution in [0.3, 0.4) is 0 Å². The highest BCUT2D eigenvalue weighted by molar-refractivity contribution is 5.93. The van der Waals surface area contributed by atoms with Gasteiger partial charge in [-0.25, -0.2) is 4.98 Å². The normalized spacial score (nSPS) is 10.7. The van der Waals surface area contributed by atoms with E-state index in [9.17, 15) is 9.59 Å². The number of benzene rings is 1. The second-order valence-corrected chi connectivity index (χ2v) is 5.56. The van der Waals surface area contributed by atoms with Crippen LogP contribution in [0.25, 0.3) is 5.65 Å². The number of carbonyl (C=O) groups is 1. The Morgan fingerprint density at radius 3 is 2.65 bits per heavy atom. The molecule has 0 unspecified atom stereocenters. The number of rotatable bonds is 3. The summed E-state index contributed by atoms with van der Waals surface area (Å²) in [6.45, 7) is 2.33. The van der Waals surface area contributed by atoms with Gasteiger partial charge in [0.1, 0.15) is 11.2 Å². The van der Waals surface area contributed by atoms with Crippen LogP contribution >= 0.6 is 0 Å². The first-order valence-corrected chi connectivity index (χ1v) is 7.33. The Balaban J connectivity index is 1.94. The van der Waals surface area contributed by atoms with Gasteiger partial charge in [0.2, 0.25) is 0 Å². The highest BCUT2D eigenvalue weighted by atomic mass is 16.2. The number of carbonyl (C=O) groups excluding carboxylic acids is 1. The van der Waals surface area contributed by atoms with Gasteiger partial charge in [-0.1, -0.05) is 36.4 Å². The van der Waals surface area contributed by atoms with Crippen LogP contribution in [0.15, 0.2) is 59.7 Å². The number of amides is 1. The molecule has 0 aliphatic carbocycles. The lowest BCUT2D eigenvalue weighted by Crippen LogP contribution is -2.33. The minimum absolute atomic E-state index is 0.0755. The van der Waals surface area contributed by atoms with Crippen LogP contribution in [0.2, 0.25) is 0 Å². The van der Waals surface area contributed by atoms with Crippen LogP contribution in [0, 0.1) is 6.92 Å². The molecule has 0 radical (unpaired) electrons. The Kier molecular flexibility index (Phi) is 3.93. The molecule has 0 fully saturated rings. The Labute approximate surface area is 133 Å². The number of nitrogens with zero attached hydrogens (tertiary/aromatic N) is 3. The van der Waals surface area contributed by atoms with Crippen molar-refractivity contribution in [1.29, 1.82) is 0 Å². The van der Waals surface area contributed by atoms with Crippen molar-refractivity contribution in [2.75, 3.05) is 7.05 Å². The molecule has 2 aromatic heterocycles. The van der Waals surface area contributed by atoms with Gasteiger partial charge in [0.05, 0.1) is 0 Å². The van der Waals surface area contributed by atoms with Gasteiger partial charge in [-0.15, -0.1) is 0 Å². The molecule has 1 aromatic carbocycles. The summed E-state index contributed by atoms with van der Waals surface area (Å²) in [5, 5.41) is 0. The Morgan fingerprint density at radius 1 is 1.17 bits per heavy atom. The zero-order valence-corrected chi connectivity index (χ0v) is 13.1. The van der Waals surface area contributed by atoms with E-state index in [0.717, 1.165) is 11.1 Å². The van der Waals surface area contributed by atoms with Gasteiger partial charge in [0.25, 0.3) is 11.5 Å². The smallest absolute Gasteiger partial charge is 0.270 e. The largest absolute Gasteiger partial charge is 0.337 e. The van der Waals surface area contributed by atoms with Crippen molar-refractivity contribution in [2.45, 2.75) is 13.5 Å². The molecule has 23 heavy (non-hydrogen) atoms. The summed E-state index contributed by atoms with van der Waals surface area (Å²) < 4.78 is 1.42. The molecule has 0 atom stereocenters. The zero-order valence-electron chi connectivity index (χ0n) is 13.1. The molecule has 0 spiro atoms.